The van der Waals surface area contributed by atoms with E-state index in [1.807, 2.05) is 12.1 Å². The molecule has 0 saturated heterocycles. The van der Waals surface area contributed by atoms with Gasteiger partial charge in [0, 0.05) is 12.1 Å². The first-order valence-electron chi connectivity index (χ1n) is 8.44. The van der Waals surface area contributed by atoms with Gasteiger partial charge in [-0.1, -0.05) is 42.8 Å². The molecule has 3 rings (SSSR count). The number of anilines is 2. The summed E-state index contributed by atoms with van der Waals surface area (Å²) in [4.78, 5) is 39.0. The van der Waals surface area contributed by atoms with Crippen LogP contribution >= 0.6 is 0 Å². The van der Waals surface area contributed by atoms with Crippen LogP contribution in [0.5, 0.6) is 0 Å². The Morgan fingerprint density at radius 2 is 1.56 bits per heavy atom. The minimum Gasteiger partial charge on any atom is -0.307 e. The predicted molar refractivity (Wildman–Crippen MR) is 96.4 cm³/mol. The molecule has 0 aromatic heterocycles. The molecule has 0 heterocycles. The van der Waals surface area contributed by atoms with Gasteiger partial charge in [0.15, 0.2) is 0 Å². The Labute approximate surface area is 146 Å². The van der Waals surface area contributed by atoms with Crippen LogP contribution in [0.2, 0.25) is 0 Å². The van der Waals surface area contributed by atoms with Crippen LogP contribution < -0.4 is 10.2 Å². The van der Waals surface area contributed by atoms with Crippen molar-refractivity contribution >= 4 is 29.1 Å². The largest absolute Gasteiger partial charge is 0.333 e. The summed E-state index contributed by atoms with van der Waals surface area (Å²) in [6.45, 7) is 0. The third-order valence-corrected chi connectivity index (χ3v) is 4.32. The molecule has 1 saturated carbocycles. The summed E-state index contributed by atoms with van der Waals surface area (Å²) in [6, 6.07) is 17.1. The first-order chi connectivity index (χ1) is 12.2. The number of carbonyl (C=O) groups excluding carboxylic acids is 3. The highest BCUT2D eigenvalue weighted by atomic mass is 16.2. The van der Waals surface area contributed by atoms with Gasteiger partial charge in [0.05, 0.1) is 11.6 Å². The van der Waals surface area contributed by atoms with Crippen LogP contribution in [0.25, 0.3) is 0 Å². The van der Waals surface area contributed by atoms with Gasteiger partial charge in [-0.25, -0.2) is 9.69 Å². The molecule has 1 unspecified atom stereocenters. The van der Waals surface area contributed by atoms with E-state index in [4.69, 9.17) is 0 Å². The zero-order chi connectivity index (χ0) is 17.6. The van der Waals surface area contributed by atoms with E-state index < -0.39 is 17.9 Å². The average Bonchev–Trinajstić information content (AvgIpc) is 2.64. The molecule has 3 amide bonds. The molecule has 0 spiro atoms. The molecule has 1 N–H and O–H groups in total. The Bertz CT molecular complexity index is 759. The van der Waals surface area contributed by atoms with Crippen LogP contribution in [0.4, 0.5) is 16.2 Å². The van der Waals surface area contributed by atoms with E-state index in [1.165, 1.54) is 0 Å². The lowest BCUT2D eigenvalue weighted by atomic mass is 9.87. The summed E-state index contributed by atoms with van der Waals surface area (Å²) in [6.07, 6.45) is 2.54. The number of nitrogens with one attached hydrogen (secondary N) is 1. The topological polar surface area (TPSA) is 66.5 Å². The lowest BCUT2D eigenvalue weighted by molar-refractivity contribution is -0.133. The number of hydrogen-bond donors (Lipinski definition) is 1. The second kappa shape index (κ2) is 7.75. The molecular weight excluding hydrogens is 316 g/mol. The maximum atomic E-state index is 13.0. The number of para-hydroxylation sites is 2. The maximum Gasteiger partial charge on any atom is 0.333 e. The number of ketones is 1. The first-order valence-corrected chi connectivity index (χ1v) is 8.44. The van der Waals surface area contributed by atoms with Crippen molar-refractivity contribution < 1.29 is 14.4 Å². The fraction of sp³-hybridized carbons (Fsp3) is 0.250. The van der Waals surface area contributed by atoms with E-state index in [0.717, 1.165) is 17.7 Å². The van der Waals surface area contributed by atoms with Gasteiger partial charge < -0.3 is 5.32 Å². The molecule has 1 atom stereocenters. The molecular formula is C20H20N2O3. The Hall–Kier alpha value is -2.95. The van der Waals surface area contributed by atoms with E-state index in [0.29, 0.717) is 24.2 Å². The van der Waals surface area contributed by atoms with Crippen molar-refractivity contribution in [3.8, 4) is 0 Å². The highest BCUT2D eigenvalue weighted by molar-refractivity contribution is 6.23. The molecule has 1 aliphatic carbocycles. The summed E-state index contributed by atoms with van der Waals surface area (Å²) in [7, 11) is 0. The lowest BCUT2D eigenvalue weighted by Crippen LogP contribution is -2.46. The summed E-state index contributed by atoms with van der Waals surface area (Å²) in [5, 5.41) is 2.73. The van der Waals surface area contributed by atoms with Gasteiger partial charge in [0.2, 0.25) is 5.91 Å². The van der Waals surface area contributed by atoms with Crippen molar-refractivity contribution in [2.45, 2.75) is 25.7 Å². The van der Waals surface area contributed by atoms with E-state index >= 15 is 0 Å². The molecule has 5 nitrogen and oxygen atoms in total. The second-order valence-corrected chi connectivity index (χ2v) is 6.07. The molecule has 2 aromatic rings. The Kier molecular flexibility index (Phi) is 5.23. The summed E-state index contributed by atoms with van der Waals surface area (Å²) >= 11 is 0. The number of imide groups is 1. The predicted octanol–water partition coefficient (Wildman–Crippen LogP) is 4.01. The quantitative estimate of drug-likeness (QED) is 0.861. The van der Waals surface area contributed by atoms with Crippen molar-refractivity contribution in [1.29, 1.82) is 0 Å². The van der Waals surface area contributed by atoms with E-state index in [1.54, 1.807) is 48.5 Å². The maximum absolute atomic E-state index is 13.0. The molecule has 0 aliphatic heterocycles. The van der Waals surface area contributed by atoms with E-state index in [2.05, 4.69) is 5.32 Å². The number of rotatable bonds is 3. The molecule has 128 valence electrons. The van der Waals surface area contributed by atoms with Crippen molar-refractivity contribution in [1.82, 2.24) is 0 Å². The Morgan fingerprint density at radius 3 is 2.20 bits per heavy atom. The van der Waals surface area contributed by atoms with Gasteiger partial charge in [-0.2, -0.15) is 0 Å². The zero-order valence-corrected chi connectivity index (χ0v) is 13.9. The minimum absolute atomic E-state index is 0.0790. The fourth-order valence-electron chi connectivity index (χ4n) is 3.02. The monoisotopic (exact) mass is 336 g/mol. The molecule has 5 heteroatoms. The van der Waals surface area contributed by atoms with Crippen LogP contribution in [0.3, 0.4) is 0 Å². The van der Waals surface area contributed by atoms with Crippen molar-refractivity contribution in [2.75, 3.05) is 10.2 Å². The number of hydrogen-bond acceptors (Lipinski definition) is 3. The molecule has 2 aromatic carbocycles. The highest BCUT2D eigenvalue weighted by Crippen LogP contribution is 2.26. The van der Waals surface area contributed by atoms with Crippen LogP contribution in [-0.2, 0) is 9.59 Å². The van der Waals surface area contributed by atoms with Gasteiger partial charge >= 0.3 is 6.03 Å². The number of Topliss-reactive ketones (excluding diaryl/α,β-unsaturated/α-hetero) is 1. The Morgan fingerprint density at radius 1 is 0.920 bits per heavy atom. The zero-order valence-electron chi connectivity index (χ0n) is 13.9. The second-order valence-electron chi connectivity index (χ2n) is 6.07. The van der Waals surface area contributed by atoms with Crippen LogP contribution in [-0.4, -0.2) is 17.7 Å². The van der Waals surface area contributed by atoms with E-state index in [9.17, 15) is 14.4 Å². The Balaban J connectivity index is 1.88. The van der Waals surface area contributed by atoms with Crippen LogP contribution in [0.15, 0.2) is 60.7 Å². The normalized spacial score (nSPS) is 17.0. The lowest BCUT2D eigenvalue weighted by Gasteiger charge is -2.27. The minimum atomic E-state index is -0.740. The summed E-state index contributed by atoms with van der Waals surface area (Å²) in [5.74, 6) is -1.27. The van der Waals surface area contributed by atoms with Crippen molar-refractivity contribution in [3.05, 3.63) is 60.7 Å². The SMILES string of the molecule is O=C1CCCCC1C(=O)N(C(=O)Nc1ccccc1)c1ccccc1. The standard InChI is InChI=1S/C20H20N2O3/c23-18-14-8-7-13-17(18)19(24)22(16-11-5-2-6-12-16)20(25)21-15-9-3-1-4-10-15/h1-6,9-12,17H,7-8,13-14H2,(H,21,25). The third-order valence-electron chi connectivity index (χ3n) is 4.32. The van der Waals surface area contributed by atoms with Crippen LogP contribution in [0, 0.1) is 5.92 Å². The molecule has 1 fully saturated rings. The van der Waals surface area contributed by atoms with Gasteiger partial charge in [-0.15, -0.1) is 0 Å². The van der Waals surface area contributed by atoms with E-state index in [-0.39, 0.29) is 5.78 Å². The van der Waals surface area contributed by atoms with Crippen LogP contribution in [0.1, 0.15) is 25.7 Å². The third kappa shape index (κ3) is 3.94. The van der Waals surface area contributed by atoms with Gasteiger partial charge in [-0.3, -0.25) is 9.59 Å². The van der Waals surface area contributed by atoms with Gasteiger partial charge in [-0.05, 0) is 37.1 Å². The summed E-state index contributed by atoms with van der Waals surface area (Å²) in [5.41, 5.74) is 1.05. The number of nitrogens with zero attached hydrogens (tertiary/aromatic N) is 1. The molecule has 1 aliphatic rings. The number of urea groups is 1. The van der Waals surface area contributed by atoms with Gasteiger partial charge in [0.1, 0.15) is 5.78 Å². The molecule has 0 bridgehead atoms. The average molecular weight is 336 g/mol. The fourth-order valence-corrected chi connectivity index (χ4v) is 3.02. The van der Waals surface area contributed by atoms with Crippen molar-refractivity contribution in [3.63, 3.8) is 0 Å². The van der Waals surface area contributed by atoms with Crippen molar-refractivity contribution in [2.24, 2.45) is 5.92 Å². The highest BCUT2D eigenvalue weighted by Gasteiger charge is 2.35. The van der Waals surface area contributed by atoms with Gasteiger partial charge in [0.25, 0.3) is 0 Å². The number of benzene rings is 2. The molecule has 25 heavy (non-hydrogen) atoms. The molecule has 0 radical (unpaired) electrons. The number of amides is 3. The first kappa shape index (κ1) is 16.9. The number of carbonyl (C=O) groups is 3. The summed E-state index contributed by atoms with van der Waals surface area (Å²) < 4.78 is 0. The smallest absolute Gasteiger partial charge is 0.307 e.